The van der Waals surface area contributed by atoms with Gasteiger partial charge < -0.3 is 10.2 Å². The van der Waals surface area contributed by atoms with Crippen LogP contribution < -0.4 is 5.32 Å². The van der Waals surface area contributed by atoms with Crippen LogP contribution >= 0.6 is 11.6 Å². The van der Waals surface area contributed by atoms with Gasteiger partial charge in [0.25, 0.3) is 0 Å². The molecule has 2 amide bonds. The zero-order chi connectivity index (χ0) is 13.0. The van der Waals surface area contributed by atoms with Crippen molar-refractivity contribution in [2.45, 2.75) is 12.8 Å². The largest absolute Gasteiger partial charge is 0.354 e. The number of carbonyl (C=O) groups is 2. The first-order chi connectivity index (χ1) is 8.66. The maximum atomic E-state index is 12.1. The second kappa shape index (κ2) is 5.87. The molecule has 1 saturated heterocycles. The highest BCUT2D eigenvalue weighted by Crippen LogP contribution is 2.16. The lowest BCUT2D eigenvalue weighted by molar-refractivity contribution is -0.130. The van der Waals surface area contributed by atoms with Crippen molar-refractivity contribution in [3.63, 3.8) is 0 Å². The summed E-state index contributed by atoms with van der Waals surface area (Å²) in [5.74, 6) is 0.0163. The van der Waals surface area contributed by atoms with Gasteiger partial charge in [0.15, 0.2) is 0 Å². The highest BCUT2D eigenvalue weighted by molar-refractivity contribution is 6.31. The molecule has 1 heterocycles. The molecule has 1 aromatic rings. The molecule has 2 rings (SSSR count). The average molecular weight is 267 g/mol. The quantitative estimate of drug-likeness (QED) is 0.875. The lowest BCUT2D eigenvalue weighted by Crippen LogP contribution is -2.35. The molecule has 1 aromatic carbocycles. The van der Waals surface area contributed by atoms with Gasteiger partial charge in [-0.05, 0) is 11.6 Å². The molecular formula is C13H15ClN2O2. The van der Waals surface area contributed by atoms with E-state index in [1.165, 1.54) is 0 Å². The molecule has 5 heteroatoms. The van der Waals surface area contributed by atoms with E-state index in [-0.39, 0.29) is 18.2 Å². The molecule has 0 radical (unpaired) electrons. The number of carbonyl (C=O) groups excluding carboxylic acids is 2. The van der Waals surface area contributed by atoms with Gasteiger partial charge in [0.1, 0.15) is 0 Å². The van der Waals surface area contributed by atoms with Crippen LogP contribution in [-0.4, -0.2) is 36.3 Å². The second-order valence-corrected chi connectivity index (χ2v) is 4.66. The summed E-state index contributed by atoms with van der Waals surface area (Å²) in [6, 6.07) is 7.33. The summed E-state index contributed by atoms with van der Waals surface area (Å²) in [5.41, 5.74) is 0.827. The van der Waals surface area contributed by atoms with Crippen molar-refractivity contribution in [2.24, 2.45) is 0 Å². The molecule has 18 heavy (non-hydrogen) atoms. The van der Waals surface area contributed by atoms with E-state index < -0.39 is 0 Å². The van der Waals surface area contributed by atoms with E-state index in [1.54, 1.807) is 11.0 Å². The minimum absolute atomic E-state index is 0.00282. The normalized spacial score (nSPS) is 16.1. The van der Waals surface area contributed by atoms with E-state index >= 15 is 0 Å². The average Bonchev–Trinajstić information content (AvgIpc) is 2.57. The topological polar surface area (TPSA) is 49.4 Å². The third-order valence-corrected chi connectivity index (χ3v) is 3.33. The molecular weight excluding hydrogens is 252 g/mol. The van der Waals surface area contributed by atoms with E-state index in [0.717, 1.165) is 5.56 Å². The molecule has 0 aliphatic carbocycles. The molecule has 96 valence electrons. The number of benzene rings is 1. The molecule has 1 aliphatic rings. The number of halogens is 1. The Morgan fingerprint density at radius 2 is 2.11 bits per heavy atom. The minimum Gasteiger partial charge on any atom is -0.354 e. The molecule has 4 nitrogen and oxygen atoms in total. The van der Waals surface area contributed by atoms with Crippen LogP contribution in [0.4, 0.5) is 0 Å². The van der Waals surface area contributed by atoms with Crippen molar-refractivity contribution < 1.29 is 9.59 Å². The summed E-state index contributed by atoms with van der Waals surface area (Å²) in [6.07, 6.45) is 0.655. The van der Waals surface area contributed by atoms with Crippen molar-refractivity contribution in [1.82, 2.24) is 10.2 Å². The summed E-state index contributed by atoms with van der Waals surface area (Å²) in [6.45, 7) is 1.57. The Balaban J connectivity index is 1.99. The van der Waals surface area contributed by atoms with Crippen LogP contribution in [0.25, 0.3) is 0 Å². The summed E-state index contributed by atoms with van der Waals surface area (Å²) >= 11 is 6.03. The Morgan fingerprint density at radius 1 is 1.33 bits per heavy atom. The van der Waals surface area contributed by atoms with E-state index in [0.29, 0.717) is 31.1 Å². The Morgan fingerprint density at radius 3 is 2.89 bits per heavy atom. The van der Waals surface area contributed by atoms with Gasteiger partial charge in [0, 0.05) is 31.1 Å². The number of amides is 2. The van der Waals surface area contributed by atoms with Gasteiger partial charge in [-0.3, -0.25) is 9.59 Å². The number of nitrogens with one attached hydrogen (secondary N) is 1. The van der Waals surface area contributed by atoms with Gasteiger partial charge in [-0.15, -0.1) is 0 Å². The van der Waals surface area contributed by atoms with E-state index in [9.17, 15) is 9.59 Å². The summed E-state index contributed by atoms with van der Waals surface area (Å²) in [4.78, 5) is 25.0. The van der Waals surface area contributed by atoms with Crippen molar-refractivity contribution in [3.8, 4) is 0 Å². The Labute approximate surface area is 111 Å². The molecule has 1 fully saturated rings. The van der Waals surface area contributed by atoms with Gasteiger partial charge >= 0.3 is 0 Å². The third kappa shape index (κ3) is 3.23. The predicted octanol–water partition coefficient (Wildman–Crippen LogP) is 1.23. The van der Waals surface area contributed by atoms with E-state index in [4.69, 9.17) is 11.6 Å². The fraction of sp³-hybridized carbons (Fsp3) is 0.385. The maximum absolute atomic E-state index is 12.1. The summed E-state index contributed by atoms with van der Waals surface area (Å²) < 4.78 is 0. The van der Waals surface area contributed by atoms with Gasteiger partial charge in [-0.1, -0.05) is 29.8 Å². The molecule has 0 spiro atoms. The van der Waals surface area contributed by atoms with Crippen LogP contribution in [0.15, 0.2) is 24.3 Å². The van der Waals surface area contributed by atoms with Crippen LogP contribution in [0.1, 0.15) is 12.0 Å². The molecule has 0 atom stereocenters. The monoisotopic (exact) mass is 266 g/mol. The lowest BCUT2D eigenvalue weighted by atomic mass is 10.1. The van der Waals surface area contributed by atoms with Crippen LogP contribution in [0.5, 0.6) is 0 Å². The Hall–Kier alpha value is -1.55. The van der Waals surface area contributed by atoms with Gasteiger partial charge in [0.05, 0.1) is 6.42 Å². The summed E-state index contributed by atoms with van der Waals surface area (Å²) in [7, 11) is 0. The van der Waals surface area contributed by atoms with Crippen LogP contribution in [0, 0.1) is 0 Å². The van der Waals surface area contributed by atoms with Gasteiger partial charge in [0.2, 0.25) is 11.8 Å². The Kier molecular flexibility index (Phi) is 4.20. The van der Waals surface area contributed by atoms with Crippen molar-refractivity contribution in [1.29, 1.82) is 0 Å². The van der Waals surface area contributed by atoms with Crippen LogP contribution in [0.3, 0.4) is 0 Å². The molecule has 1 aliphatic heterocycles. The highest BCUT2D eigenvalue weighted by atomic mass is 35.5. The molecule has 0 saturated carbocycles. The first-order valence-corrected chi connectivity index (χ1v) is 6.32. The fourth-order valence-electron chi connectivity index (χ4n) is 1.93. The van der Waals surface area contributed by atoms with Crippen molar-refractivity contribution >= 4 is 23.4 Å². The second-order valence-electron chi connectivity index (χ2n) is 4.25. The number of hydrogen-bond donors (Lipinski definition) is 1. The number of nitrogens with zero attached hydrogens (tertiary/aromatic N) is 1. The van der Waals surface area contributed by atoms with E-state index in [1.807, 2.05) is 18.2 Å². The number of rotatable bonds is 2. The van der Waals surface area contributed by atoms with Crippen LogP contribution in [-0.2, 0) is 16.0 Å². The smallest absolute Gasteiger partial charge is 0.227 e. The molecule has 0 bridgehead atoms. The number of hydrogen-bond acceptors (Lipinski definition) is 2. The molecule has 0 aromatic heterocycles. The van der Waals surface area contributed by atoms with E-state index in [2.05, 4.69) is 5.32 Å². The minimum atomic E-state index is 0.00282. The zero-order valence-electron chi connectivity index (χ0n) is 9.99. The van der Waals surface area contributed by atoms with Crippen molar-refractivity contribution in [3.05, 3.63) is 34.9 Å². The first-order valence-electron chi connectivity index (χ1n) is 5.94. The lowest BCUT2D eigenvalue weighted by Gasteiger charge is -2.19. The SMILES string of the molecule is O=C1CCN(C(=O)Cc2ccccc2Cl)CCN1. The highest BCUT2D eigenvalue weighted by Gasteiger charge is 2.19. The first kappa shape index (κ1) is 12.9. The molecule has 0 unspecified atom stereocenters. The van der Waals surface area contributed by atoms with Crippen LogP contribution in [0.2, 0.25) is 5.02 Å². The van der Waals surface area contributed by atoms with Gasteiger partial charge in [-0.2, -0.15) is 0 Å². The van der Waals surface area contributed by atoms with Gasteiger partial charge in [-0.25, -0.2) is 0 Å². The summed E-state index contributed by atoms with van der Waals surface area (Å²) in [5, 5.41) is 3.35. The van der Waals surface area contributed by atoms with Crippen molar-refractivity contribution in [2.75, 3.05) is 19.6 Å². The molecule has 1 N–H and O–H groups in total. The zero-order valence-corrected chi connectivity index (χ0v) is 10.7. The predicted molar refractivity (Wildman–Crippen MR) is 69.4 cm³/mol. The maximum Gasteiger partial charge on any atom is 0.227 e. The fourth-order valence-corrected chi connectivity index (χ4v) is 2.14. The Bertz CT molecular complexity index is 462. The third-order valence-electron chi connectivity index (χ3n) is 2.96. The standard InChI is InChI=1S/C13H15ClN2O2/c14-11-4-2-1-3-10(11)9-13(18)16-7-5-12(17)15-6-8-16/h1-4H,5-9H2,(H,15,17).